The molecule has 1 rings (SSSR count). The molecule has 0 aliphatic carbocycles. The summed E-state index contributed by atoms with van der Waals surface area (Å²) in [6.45, 7) is 5.80. The number of aromatic nitrogens is 2. The van der Waals surface area contributed by atoms with E-state index in [2.05, 4.69) is 0 Å². The molecule has 0 aromatic carbocycles. The van der Waals surface area contributed by atoms with Crippen LogP contribution in [-0.4, -0.2) is 38.2 Å². The number of hydrogen-bond acceptors (Lipinski definition) is 6. The van der Waals surface area contributed by atoms with Crippen LogP contribution in [0.25, 0.3) is 0 Å². The van der Waals surface area contributed by atoms with E-state index in [1.807, 2.05) is 0 Å². The number of nitrogens with zero attached hydrogens (tertiary/aromatic N) is 3. The molecule has 0 bridgehead atoms. The number of amides is 1. The van der Waals surface area contributed by atoms with Gasteiger partial charge in [-0.05, 0) is 27.7 Å². The summed E-state index contributed by atoms with van der Waals surface area (Å²) in [4.78, 5) is 47.2. The summed E-state index contributed by atoms with van der Waals surface area (Å²) in [5.41, 5.74) is -1.44. The highest BCUT2D eigenvalue weighted by atomic mass is 16.6. The zero-order valence-corrected chi connectivity index (χ0v) is 14.0. The van der Waals surface area contributed by atoms with Gasteiger partial charge >= 0.3 is 11.7 Å². The molecule has 2 N–H and O–H groups in total. The summed E-state index contributed by atoms with van der Waals surface area (Å²) in [7, 11) is 1.32. The number of esters is 1. The first kappa shape index (κ1) is 18.6. The molecule has 0 radical (unpaired) electrons. The van der Waals surface area contributed by atoms with Crippen LogP contribution in [0.4, 0.5) is 0 Å². The van der Waals surface area contributed by atoms with E-state index in [0.29, 0.717) is 10.6 Å². The molecule has 23 heavy (non-hydrogen) atoms. The second kappa shape index (κ2) is 6.78. The van der Waals surface area contributed by atoms with Gasteiger partial charge in [-0.15, -0.1) is 0 Å². The Balaban J connectivity index is 2.83. The predicted molar refractivity (Wildman–Crippen MR) is 82.4 cm³/mol. The Bertz CT molecular complexity index is 726. The molecule has 0 fully saturated rings. The third kappa shape index (κ3) is 5.06. The molecule has 1 aromatic rings. The minimum Gasteiger partial charge on any atom is -0.459 e. The highest BCUT2D eigenvalue weighted by Gasteiger charge is 2.21. The van der Waals surface area contributed by atoms with Gasteiger partial charge in [-0.1, -0.05) is 0 Å². The lowest BCUT2D eigenvalue weighted by atomic mass is 10.2. The van der Waals surface area contributed by atoms with Crippen LogP contribution in [0.1, 0.15) is 26.3 Å². The Labute approximate surface area is 133 Å². The fourth-order valence-corrected chi connectivity index (χ4v) is 1.84. The van der Waals surface area contributed by atoms with Crippen LogP contribution in [0.3, 0.4) is 0 Å². The van der Waals surface area contributed by atoms with E-state index in [9.17, 15) is 19.2 Å². The Morgan fingerprint density at radius 1 is 1.30 bits per heavy atom. The number of rotatable bonds is 4. The maximum absolute atomic E-state index is 12.0. The third-order valence-electron chi connectivity index (χ3n) is 2.87. The van der Waals surface area contributed by atoms with Gasteiger partial charge in [0.2, 0.25) is 0 Å². The zero-order chi connectivity index (χ0) is 17.9. The smallest absolute Gasteiger partial charge is 0.331 e. The van der Waals surface area contributed by atoms with Gasteiger partial charge in [-0.25, -0.2) is 10.6 Å². The summed E-state index contributed by atoms with van der Waals surface area (Å²) in [5, 5.41) is 0.682. The average Bonchev–Trinajstić information content (AvgIpc) is 2.40. The van der Waals surface area contributed by atoms with Crippen molar-refractivity contribution in [1.29, 1.82) is 0 Å². The number of nitrogens with two attached hydrogens (primary N) is 1. The lowest BCUT2D eigenvalue weighted by Crippen LogP contribution is -2.47. The van der Waals surface area contributed by atoms with E-state index in [1.165, 1.54) is 20.2 Å². The summed E-state index contributed by atoms with van der Waals surface area (Å²) >= 11 is 0. The SMILES string of the molecule is Cc1cn(CC(=O)N(N)CC(=O)OC(C)(C)C)c(=O)n(C)c1=O. The van der Waals surface area contributed by atoms with Gasteiger partial charge in [0.05, 0.1) is 0 Å². The maximum Gasteiger partial charge on any atom is 0.331 e. The first-order chi connectivity index (χ1) is 10.4. The van der Waals surface area contributed by atoms with Crippen LogP contribution >= 0.6 is 0 Å². The third-order valence-corrected chi connectivity index (χ3v) is 2.87. The van der Waals surface area contributed by atoms with Crippen molar-refractivity contribution in [2.24, 2.45) is 12.9 Å². The van der Waals surface area contributed by atoms with Gasteiger partial charge in [0.25, 0.3) is 11.5 Å². The molecule has 0 aliphatic heterocycles. The Hall–Kier alpha value is -2.42. The van der Waals surface area contributed by atoms with Crippen LogP contribution in [0.2, 0.25) is 0 Å². The number of carbonyl (C=O) groups is 2. The first-order valence-electron chi connectivity index (χ1n) is 6.96. The quantitative estimate of drug-likeness (QED) is 0.325. The predicted octanol–water partition coefficient (Wildman–Crippen LogP) is -1.10. The molecular weight excluding hydrogens is 304 g/mol. The van der Waals surface area contributed by atoms with E-state index in [0.717, 1.165) is 9.13 Å². The van der Waals surface area contributed by atoms with Crippen LogP contribution in [0, 0.1) is 6.92 Å². The largest absolute Gasteiger partial charge is 0.459 e. The van der Waals surface area contributed by atoms with Crippen LogP contribution in [0.15, 0.2) is 15.8 Å². The molecule has 1 amide bonds. The van der Waals surface area contributed by atoms with Gasteiger partial charge in [0.15, 0.2) is 0 Å². The molecule has 0 atom stereocenters. The number of aryl methyl sites for hydroxylation is 1. The second-order valence-corrected chi connectivity index (χ2v) is 6.19. The van der Waals surface area contributed by atoms with E-state index in [-0.39, 0.29) is 6.54 Å². The minimum absolute atomic E-state index is 0.315. The summed E-state index contributed by atoms with van der Waals surface area (Å²) in [6.07, 6.45) is 1.28. The standard InChI is InChI=1S/C14H22N4O5/c1-9-6-17(13(22)16(5)12(9)21)7-10(19)18(15)8-11(20)23-14(2,3)4/h6H,7-8,15H2,1-5H3. The van der Waals surface area contributed by atoms with Gasteiger partial charge in [0, 0.05) is 18.8 Å². The van der Waals surface area contributed by atoms with Gasteiger partial charge in [-0.3, -0.25) is 28.5 Å². The topological polar surface area (TPSA) is 117 Å². The number of hydrazine groups is 1. The molecule has 0 saturated heterocycles. The highest BCUT2D eigenvalue weighted by Crippen LogP contribution is 2.06. The minimum atomic E-state index is -0.688. The van der Waals surface area contributed by atoms with Crippen molar-refractivity contribution < 1.29 is 14.3 Å². The maximum atomic E-state index is 12.0. The van der Waals surface area contributed by atoms with Gasteiger partial charge in [0.1, 0.15) is 18.7 Å². The van der Waals surface area contributed by atoms with Crippen molar-refractivity contribution in [2.75, 3.05) is 6.54 Å². The normalized spacial score (nSPS) is 11.2. The number of ether oxygens (including phenoxy) is 1. The molecule has 128 valence electrons. The highest BCUT2D eigenvalue weighted by molar-refractivity contribution is 5.81. The van der Waals surface area contributed by atoms with E-state index in [4.69, 9.17) is 10.6 Å². The molecule has 0 saturated carbocycles. The van der Waals surface area contributed by atoms with Gasteiger partial charge < -0.3 is 4.74 Å². The average molecular weight is 326 g/mol. The molecule has 0 spiro atoms. The Kier molecular flexibility index (Phi) is 5.49. The van der Waals surface area contributed by atoms with Crippen LogP contribution in [0.5, 0.6) is 0 Å². The van der Waals surface area contributed by atoms with Crippen molar-refractivity contribution in [2.45, 2.75) is 39.8 Å². The Morgan fingerprint density at radius 2 is 1.87 bits per heavy atom. The molecule has 9 nitrogen and oxygen atoms in total. The molecule has 0 unspecified atom stereocenters. The van der Waals surface area contributed by atoms with Gasteiger partial charge in [-0.2, -0.15) is 0 Å². The van der Waals surface area contributed by atoms with E-state index in [1.54, 1.807) is 20.8 Å². The van der Waals surface area contributed by atoms with E-state index >= 15 is 0 Å². The summed E-state index contributed by atoms with van der Waals surface area (Å²) in [5.74, 6) is 4.23. The van der Waals surface area contributed by atoms with Crippen LogP contribution in [-0.2, 0) is 27.9 Å². The van der Waals surface area contributed by atoms with Crippen molar-refractivity contribution in [3.8, 4) is 0 Å². The number of carbonyl (C=O) groups excluding carboxylic acids is 2. The van der Waals surface area contributed by atoms with E-state index < -0.39 is 35.3 Å². The fraction of sp³-hybridized carbons (Fsp3) is 0.571. The lowest BCUT2D eigenvalue weighted by molar-refractivity contribution is -0.159. The second-order valence-electron chi connectivity index (χ2n) is 6.19. The fourth-order valence-electron chi connectivity index (χ4n) is 1.84. The molecule has 0 aliphatic rings. The monoisotopic (exact) mass is 326 g/mol. The van der Waals surface area contributed by atoms with Crippen molar-refractivity contribution in [1.82, 2.24) is 14.1 Å². The molecular formula is C14H22N4O5. The Morgan fingerprint density at radius 3 is 2.39 bits per heavy atom. The molecule has 1 aromatic heterocycles. The van der Waals surface area contributed by atoms with Crippen LogP contribution < -0.4 is 17.1 Å². The van der Waals surface area contributed by atoms with Crippen molar-refractivity contribution in [3.63, 3.8) is 0 Å². The summed E-state index contributed by atoms with van der Waals surface area (Å²) < 4.78 is 7.02. The van der Waals surface area contributed by atoms with Crippen molar-refractivity contribution in [3.05, 3.63) is 32.6 Å². The number of hydrogen-bond donors (Lipinski definition) is 1. The first-order valence-corrected chi connectivity index (χ1v) is 6.96. The molecule has 9 heteroatoms. The van der Waals surface area contributed by atoms with Crippen molar-refractivity contribution >= 4 is 11.9 Å². The lowest BCUT2D eigenvalue weighted by Gasteiger charge is -2.22. The zero-order valence-electron chi connectivity index (χ0n) is 14.0. The molecule has 1 heterocycles. The summed E-state index contributed by atoms with van der Waals surface area (Å²) in [6, 6.07) is 0.